The number of aromatic nitrogens is 2. The summed E-state index contributed by atoms with van der Waals surface area (Å²) in [6.07, 6.45) is 5.96. The molecule has 168 valence electrons. The lowest BCUT2D eigenvalue weighted by atomic mass is 9.89. The number of H-pyrrole nitrogens is 1. The summed E-state index contributed by atoms with van der Waals surface area (Å²) in [5, 5.41) is 8.33. The van der Waals surface area contributed by atoms with Gasteiger partial charge in [-0.1, -0.05) is 18.2 Å². The van der Waals surface area contributed by atoms with Crippen LogP contribution in [-0.4, -0.2) is 32.5 Å². The number of nitrogens with zero attached hydrogens (tertiary/aromatic N) is 3. The number of carbonyl (C=O) groups is 2. The molecule has 8 heteroatoms. The summed E-state index contributed by atoms with van der Waals surface area (Å²) in [7, 11) is 0. The second-order valence-corrected chi connectivity index (χ2v) is 8.62. The summed E-state index contributed by atoms with van der Waals surface area (Å²) >= 11 is 0. The molecule has 0 saturated carbocycles. The number of benzene rings is 2. The Morgan fingerprint density at radius 1 is 1.03 bits per heavy atom. The van der Waals surface area contributed by atoms with Crippen LogP contribution in [-0.2, 0) is 17.9 Å². The molecule has 8 nitrogen and oxygen atoms in total. The van der Waals surface area contributed by atoms with Crippen LogP contribution in [0.4, 0.5) is 10.5 Å². The first-order valence-electron chi connectivity index (χ1n) is 11.2. The van der Waals surface area contributed by atoms with Crippen LogP contribution in [0.2, 0.25) is 0 Å². The van der Waals surface area contributed by atoms with Gasteiger partial charge in [0.25, 0.3) is 0 Å². The average molecular weight is 451 g/mol. The second-order valence-electron chi connectivity index (χ2n) is 8.62. The Kier molecular flexibility index (Phi) is 4.83. The smallest absolute Gasteiger partial charge is 0.322 e. The molecule has 34 heavy (non-hydrogen) atoms. The van der Waals surface area contributed by atoms with E-state index in [2.05, 4.69) is 25.8 Å². The lowest BCUT2D eigenvalue weighted by Crippen LogP contribution is -2.33. The number of aromatic amines is 1. The van der Waals surface area contributed by atoms with E-state index in [1.54, 1.807) is 11.1 Å². The molecule has 4 aromatic rings. The van der Waals surface area contributed by atoms with Gasteiger partial charge < -0.3 is 15.2 Å². The molecule has 0 bridgehead atoms. The van der Waals surface area contributed by atoms with Crippen molar-refractivity contribution in [3.05, 3.63) is 95.4 Å². The Hall–Kier alpha value is -4.46. The number of carbonyl (C=O) groups excluding carboxylic acids is 2. The number of urea groups is 1. The van der Waals surface area contributed by atoms with E-state index in [4.69, 9.17) is 0 Å². The molecule has 0 radical (unpaired) electrons. The van der Waals surface area contributed by atoms with Gasteiger partial charge in [-0.3, -0.25) is 9.78 Å². The van der Waals surface area contributed by atoms with Crippen molar-refractivity contribution in [1.29, 1.82) is 0 Å². The number of nitrogens with one attached hydrogen (secondary N) is 3. The summed E-state index contributed by atoms with van der Waals surface area (Å²) in [5.74, 6) is -0.415. The highest BCUT2D eigenvalue weighted by Gasteiger charge is 2.28. The predicted octanol–water partition coefficient (Wildman–Crippen LogP) is 4.12. The van der Waals surface area contributed by atoms with Gasteiger partial charge in [0.1, 0.15) is 0 Å². The van der Waals surface area contributed by atoms with Crippen LogP contribution >= 0.6 is 0 Å². The molecule has 0 fully saturated rings. The zero-order chi connectivity index (χ0) is 23.1. The van der Waals surface area contributed by atoms with E-state index in [1.165, 1.54) is 0 Å². The molecule has 0 aliphatic carbocycles. The van der Waals surface area contributed by atoms with E-state index in [9.17, 15) is 9.59 Å². The Morgan fingerprint density at radius 2 is 1.88 bits per heavy atom. The summed E-state index contributed by atoms with van der Waals surface area (Å²) in [6.45, 7) is 1.13. The van der Waals surface area contributed by atoms with Gasteiger partial charge in [0, 0.05) is 49.3 Å². The third kappa shape index (κ3) is 3.69. The van der Waals surface area contributed by atoms with Crippen molar-refractivity contribution < 1.29 is 9.59 Å². The highest BCUT2D eigenvalue weighted by Crippen LogP contribution is 2.28. The Morgan fingerprint density at radius 3 is 2.74 bits per heavy atom. The summed E-state index contributed by atoms with van der Waals surface area (Å²) in [4.78, 5) is 34.3. The van der Waals surface area contributed by atoms with E-state index in [1.807, 2.05) is 67.0 Å². The molecule has 0 spiro atoms. The summed E-state index contributed by atoms with van der Waals surface area (Å²) in [6, 6.07) is 17.4. The standard InChI is InChI=1S/C26H22N6O2/c33-25-22(17-3-6-23-18(11-17)8-10-28-23)12-24(30-31-25)16-1-4-21(5-2-16)29-26(34)32-14-19-7-9-27-13-20(19)15-32/h1-11,13,22,28H,12,14-15H2,(H,29,34)(H,31,33). The fourth-order valence-electron chi connectivity index (χ4n) is 4.58. The first kappa shape index (κ1) is 20.2. The molecule has 1 unspecified atom stereocenters. The van der Waals surface area contributed by atoms with E-state index < -0.39 is 0 Å². The minimum atomic E-state index is -0.308. The molecule has 3 N–H and O–H groups in total. The maximum atomic E-state index is 12.7. The molecular formula is C26H22N6O2. The average Bonchev–Trinajstić information content (AvgIpc) is 3.51. The van der Waals surface area contributed by atoms with E-state index >= 15 is 0 Å². The Labute approximate surface area is 195 Å². The number of amides is 3. The highest BCUT2D eigenvalue weighted by molar-refractivity contribution is 6.06. The third-order valence-electron chi connectivity index (χ3n) is 6.48. The monoisotopic (exact) mass is 450 g/mol. The Balaban J connectivity index is 1.14. The van der Waals surface area contributed by atoms with Crippen molar-refractivity contribution in [3.63, 3.8) is 0 Å². The van der Waals surface area contributed by atoms with Gasteiger partial charge in [0.2, 0.25) is 5.91 Å². The molecule has 1 atom stereocenters. The molecular weight excluding hydrogens is 428 g/mol. The van der Waals surface area contributed by atoms with Crippen LogP contribution in [0.1, 0.15) is 34.6 Å². The van der Waals surface area contributed by atoms with Crippen LogP contribution in [0.15, 0.2) is 78.3 Å². The number of pyridine rings is 1. The zero-order valence-electron chi connectivity index (χ0n) is 18.3. The molecule has 2 aromatic heterocycles. The van der Waals surface area contributed by atoms with Crippen LogP contribution in [0.3, 0.4) is 0 Å². The predicted molar refractivity (Wildman–Crippen MR) is 129 cm³/mol. The normalized spacial score (nSPS) is 17.3. The van der Waals surface area contributed by atoms with Gasteiger partial charge in [-0.25, -0.2) is 10.2 Å². The Bertz CT molecular complexity index is 1410. The van der Waals surface area contributed by atoms with Gasteiger partial charge in [-0.2, -0.15) is 5.10 Å². The van der Waals surface area contributed by atoms with Gasteiger partial charge >= 0.3 is 6.03 Å². The van der Waals surface area contributed by atoms with E-state index in [0.717, 1.165) is 38.9 Å². The van der Waals surface area contributed by atoms with Crippen LogP contribution < -0.4 is 10.7 Å². The number of hydrogen-bond acceptors (Lipinski definition) is 4. The van der Waals surface area contributed by atoms with Gasteiger partial charge in [-0.15, -0.1) is 0 Å². The van der Waals surface area contributed by atoms with Crippen molar-refractivity contribution in [1.82, 2.24) is 20.3 Å². The third-order valence-corrected chi connectivity index (χ3v) is 6.48. The first-order chi connectivity index (χ1) is 16.6. The van der Waals surface area contributed by atoms with Gasteiger partial charge in [0.15, 0.2) is 0 Å². The number of fused-ring (bicyclic) bond motifs is 2. The van der Waals surface area contributed by atoms with Gasteiger partial charge in [0.05, 0.1) is 11.6 Å². The van der Waals surface area contributed by atoms with Crippen molar-refractivity contribution in [2.75, 3.05) is 5.32 Å². The highest BCUT2D eigenvalue weighted by atomic mass is 16.2. The minimum Gasteiger partial charge on any atom is -0.361 e. The minimum absolute atomic E-state index is 0.107. The number of rotatable bonds is 3. The molecule has 0 saturated heterocycles. The molecule has 4 heterocycles. The van der Waals surface area contributed by atoms with Crippen molar-refractivity contribution in [2.24, 2.45) is 5.10 Å². The quantitative estimate of drug-likeness (QED) is 0.438. The lowest BCUT2D eigenvalue weighted by molar-refractivity contribution is -0.122. The number of hydrazone groups is 1. The fraction of sp³-hybridized carbons (Fsp3) is 0.154. The lowest BCUT2D eigenvalue weighted by Gasteiger charge is -2.22. The first-order valence-corrected chi connectivity index (χ1v) is 11.2. The van der Waals surface area contributed by atoms with Crippen LogP contribution in [0, 0.1) is 0 Å². The summed E-state index contributed by atoms with van der Waals surface area (Å²) in [5.41, 5.74) is 9.30. The van der Waals surface area contributed by atoms with Crippen LogP contribution in [0.25, 0.3) is 10.9 Å². The van der Waals surface area contributed by atoms with Crippen molar-refractivity contribution in [2.45, 2.75) is 25.4 Å². The largest absolute Gasteiger partial charge is 0.361 e. The van der Waals surface area contributed by atoms with Gasteiger partial charge in [-0.05, 0) is 64.0 Å². The fourth-order valence-corrected chi connectivity index (χ4v) is 4.58. The number of anilines is 1. The maximum absolute atomic E-state index is 12.7. The number of hydrogen-bond donors (Lipinski definition) is 3. The van der Waals surface area contributed by atoms with E-state index in [0.29, 0.717) is 25.2 Å². The van der Waals surface area contributed by atoms with E-state index in [-0.39, 0.29) is 17.9 Å². The second kappa shape index (κ2) is 8.15. The maximum Gasteiger partial charge on any atom is 0.322 e. The van der Waals surface area contributed by atoms with Crippen LogP contribution in [0.5, 0.6) is 0 Å². The molecule has 2 aliphatic heterocycles. The van der Waals surface area contributed by atoms with Crippen molar-refractivity contribution >= 4 is 34.2 Å². The summed E-state index contributed by atoms with van der Waals surface area (Å²) < 4.78 is 0. The molecule has 6 rings (SSSR count). The molecule has 2 aromatic carbocycles. The SMILES string of the molecule is O=C1NN=C(c2ccc(NC(=O)N3Cc4ccncc4C3)cc2)CC1c1ccc2[nH]ccc2c1. The molecule has 3 amide bonds. The zero-order valence-corrected chi connectivity index (χ0v) is 18.3. The topological polar surface area (TPSA) is 102 Å². The molecule has 2 aliphatic rings. The van der Waals surface area contributed by atoms with Crippen molar-refractivity contribution in [3.8, 4) is 0 Å².